The summed E-state index contributed by atoms with van der Waals surface area (Å²) in [6.07, 6.45) is 5.04. The standard InChI is InChI=1S/C30H39F2N7O/c1-19(2)39-21(4)37-30-25(31)14-24(15-27(30)39)29(26(32)17-33-5)36-18-35-28-7-6-23(16-34-28)20(3)22-8-10-38(11-9-22)12-13-40/h6-7,14-17,19-20,22,40H,5,8-13,18H2,1-4H3,(H,34,35)/b26-17+,36-29?. The van der Waals surface area contributed by atoms with E-state index in [1.165, 1.54) is 11.6 Å². The van der Waals surface area contributed by atoms with Crippen LogP contribution in [0.5, 0.6) is 0 Å². The van der Waals surface area contributed by atoms with Crippen molar-refractivity contribution in [2.75, 3.05) is 38.2 Å². The predicted molar refractivity (Wildman–Crippen MR) is 157 cm³/mol. The van der Waals surface area contributed by atoms with Crippen LogP contribution < -0.4 is 5.32 Å². The minimum Gasteiger partial charge on any atom is -0.395 e. The fraction of sp³-hybridized carbons (Fsp3) is 0.467. The Morgan fingerprint density at radius 3 is 2.62 bits per heavy atom. The molecule has 0 radical (unpaired) electrons. The molecule has 1 saturated heterocycles. The van der Waals surface area contributed by atoms with Crippen LogP contribution in [0.15, 0.2) is 52.5 Å². The van der Waals surface area contributed by atoms with Crippen molar-refractivity contribution in [1.82, 2.24) is 19.4 Å². The molecule has 214 valence electrons. The number of hydrogen-bond donors (Lipinski definition) is 2. The molecule has 1 atom stereocenters. The number of benzene rings is 1. The Bertz CT molecular complexity index is 1370. The SMILES string of the molecule is C=N/C=C(/F)C(=NCNc1ccc(C(C)C2CCN(CCO)CC2)cn1)c1cc(F)c2nc(C)n(C(C)C)c2c1. The third-order valence-electron chi connectivity index (χ3n) is 7.71. The maximum atomic E-state index is 15.1. The van der Waals surface area contributed by atoms with Crippen LogP contribution in [0.1, 0.15) is 62.5 Å². The smallest absolute Gasteiger partial charge is 0.167 e. The molecule has 40 heavy (non-hydrogen) atoms. The summed E-state index contributed by atoms with van der Waals surface area (Å²) in [5.41, 5.74) is 2.24. The lowest BCUT2D eigenvalue weighted by Crippen LogP contribution is -2.36. The Morgan fingerprint density at radius 1 is 1.25 bits per heavy atom. The number of aliphatic hydroxyl groups excluding tert-OH is 1. The van der Waals surface area contributed by atoms with Crippen molar-refractivity contribution in [3.05, 3.63) is 65.3 Å². The van der Waals surface area contributed by atoms with Gasteiger partial charge in [0.05, 0.1) is 18.3 Å². The molecule has 1 unspecified atom stereocenters. The van der Waals surface area contributed by atoms with Gasteiger partial charge < -0.3 is 19.9 Å². The lowest BCUT2D eigenvalue weighted by atomic mass is 9.82. The summed E-state index contributed by atoms with van der Waals surface area (Å²) in [6, 6.07) is 6.96. The van der Waals surface area contributed by atoms with E-state index in [0.717, 1.165) is 38.7 Å². The third kappa shape index (κ3) is 6.62. The summed E-state index contributed by atoms with van der Waals surface area (Å²) in [4.78, 5) is 19.1. The lowest BCUT2D eigenvalue weighted by Gasteiger charge is -2.34. The maximum Gasteiger partial charge on any atom is 0.167 e. The molecule has 2 N–H and O–H groups in total. The zero-order chi connectivity index (χ0) is 28.8. The zero-order valence-electron chi connectivity index (χ0n) is 23.7. The first-order valence-corrected chi connectivity index (χ1v) is 13.8. The number of hydrogen-bond acceptors (Lipinski definition) is 7. The minimum absolute atomic E-state index is 0.0288. The highest BCUT2D eigenvalue weighted by atomic mass is 19.1. The Labute approximate surface area is 234 Å². The van der Waals surface area contributed by atoms with E-state index in [0.29, 0.717) is 29.0 Å². The van der Waals surface area contributed by atoms with E-state index in [1.807, 2.05) is 37.6 Å². The number of aromatic nitrogens is 3. The van der Waals surface area contributed by atoms with E-state index in [-0.39, 0.29) is 36.1 Å². The van der Waals surface area contributed by atoms with Gasteiger partial charge in [-0.1, -0.05) is 13.0 Å². The molecule has 0 aliphatic carbocycles. The second-order valence-electron chi connectivity index (χ2n) is 10.6. The van der Waals surface area contributed by atoms with Gasteiger partial charge in [0.2, 0.25) is 0 Å². The number of aryl methyl sites for hydroxylation is 1. The number of anilines is 1. The first-order valence-electron chi connectivity index (χ1n) is 13.8. The van der Waals surface area contributed by atoms with E-state index >= 15 is 8.78 Å². The van der Waals surface area contributed by atoms with Crippen molar-refractivity contribution < 1.29 is 13.9 Å². The number of allylic oxidation sites excluding steroid dienone is 1. The highest BCUT2D eigenvalue weighted by molar-refractivity contribution is 6.12. The van der Waals surface area contributed by atoms with Gasteiger partial charge in [-0.3, -0.25) is 9.98 Å². The molecule has 1 aliphatic rings. The number of imidazole rings is 1. The molecular formula is C30H39F2N7O. The highest BCUT2D eigenvalue weighted by Gasteiger charge is 2.25. The van der Waals surface area contributed by atoms with Gasteiger partial charge in [-0.2, -0.15) is 0 Å². The number of β-amino-alcohol motifs (C(OH)–C–C–N with tert-alkyl or cyclic N) is 1. The van der Waals surface area contributed by atoms with Crippen molar-refractivity contribution in [2.45, 2.75) is 52.5 Å². The number of piperidine rings is 1. The number of nitrogens with zero attached hydrogens (tertiary/aromatic N) is 6. The average Bonchev–Trinajstić information content (AvgIpc) is 3.28. The van der Waals surface area contributed by atoms with E-state index in [1.54, 1.807) is 6.07 Å². The quantitative estimate of drug-likeness (QED) is 0.301. The Kier molecular flexibility index (Phi) is 9.76. The van der Waals surface area contributed by atoms with E-state index < -0.39 is 11.6 Å². The van der Waals surface area contributed by atoms with Gasteiger partial charge in [0.15, 0.2) is 11.6 Å². The topological polar surface area (TPSA) is 90.9 Å². The van der Waals surface area contributed by atoms with Gasteiger partial charge in [-0.05, 0) is 89.0 Å². The van der Waals surface area contributed by atoms with Crippen molar-refractivity contribution in [3.8, 4) is 0 Å². The van der Waals surface area contributed by atoms with Gasteiger partial charge >= 0.3 is 0 Å². The molecule has 1 aliphatic heterocycles. The summed E-state index contributed by atoms with van der Waals surface area (Å²) >= 11 is 0. The summed E-state index contributed by atoms with van der Waals surface area (Å²) in [6.45, 7) is 14.3. The number of aliphatic hydroxyl groups is 1. The van der Waals surface area contributed by atoms with Gasteiger partial charge in [0, 0.05) is 24.3 Å². The number of pyridine rings is 1. The number of likely N-dealkylation sites (tertiary alicyclic amines) is 1. The molecule has 0 saturated carbocycles. The van der Waals surface area contributed by atoms with Gasteiger partial charge in [-0.25, -0.2) is 18.7 Å². The first-order chi connectivity index (χ1) is 19.2. The van der Waals surface area contributed by atoms with Crippen molar-refractivity contribution in [1.29, 1.82) is 0 Å². The Balaban J connectivity index is 1.49. The van der Waals surface area contributed by atoms with Crippen molar-refractivity contribution in [2.24, 2.45) is 15.9 Å². The number of fused-ring (bicyclic) bond motifs is 1. The predicted octanol–water partition coefficient (Wildman–Crippen LogP) is 5.64. The molecule has 3 aromatic rings. The second kappa shape index (κ2) is 13.2. The Hall–Kier alpha value is -3.50. The molecule has 1 fully saturated rings. The summed E-state index contributed by atoms with van der Waals surface area (Å²) < 4.78 is 32.0. The number of aliphatic imine (C=N–C) groups is 2. The molecule has 2 aromatic heterocycles. The summed E-state index contributed by atoms with van der Waals surface area (Å²) in [5.74, 6) is 0.981. The minimum atomic E-state index is -0.718. The van der Waals surface area contributed by atoms with Crippen molar-refractivity contribution in [3.63, 3.8) is 0 Å². The van der Waals surface area contributed by atoms with E-state index in [9.17, 15) is 0 Å². The highest BCUT2D eigenvalue weighted by Crippen LogP contribution is 2.32. The molecule has 3 heterocycles. The normalized spacial score (nSPS) is 16.6. The molecule has 0 amide bonds. The van der Waals surface area contributed by atoms with Crippen LogP contribution in [-0.2, 0) is 0 Å². The molecule has 10 heteroatoms. The van der Waals surface area contributed by atoms with Crippen LogP contribution in [-0.4, -0.2) is 69.9 Å². The molecule has 1 aromatic carbocycles. The first kappa shape index (κ1) is 29.5. The maximum absolute atomic E-state index is 15.1. The van der Waals surface area contributed by atoms with Crippen LogP contribution in [0.3, 0.4) is 0 Å². The molecule has 4 rings (SSSR count). The fourth-order valence-electron chi connectivity index (χ4n) is 5.57. The monoisotopic (exact) mass is 551 g/mol. The van der Waals surface area contributed by atoms with Crippen LogP contribution in [0, 0.1) is 18.7 Å². The zero-order valence-corrected chi connectivity index (χ0v) is 23.7. The summed E-state index contributed by atoms with van der Waals surface area (Å²) in [5, 5.41) is 12.3. The third-order valence-corrected chi connectivity index (χ3v) is 7.71. The number of rotatable bonds is 11. The van der Waals surface area contributed by atoms with Crippen LogP contribution in [0.2, 0.25) is 0 Å². The van der Waals surface area contributed by atoms with Crippen LogP contribution >= 0.6 is 0 Å². The van der Waals surface area contributed by atoms with Gasteiger partial charge in [-0.15, -0.1) is 0 Å². The van der Waals surface area contributed by atoms with E-state index in [2.05, 4.69) is 49.9 Å². The number of nitrogens with one attached hydrogen (secondary N) is 1. The average molecular weight is 552 g/mol. The molecule has 0 spiro atoms. The van der Waals surface area contributed by atoms with Gasteiger partial charge in [0.1, 0.15) is 29.5 Å². The van der Waals surface area contributed by atoms with Gasteiger partial charge in [0.25, 0.3) is 0 Å². The molecule has 8 nitrogen and oxygen atoms in total. The molecular weight excluding hydrogens is 512 g/mol. The lowest BCUT2D eigenvalue weighted by molar-refractivity contribution is 0.140. The second-order valence-corrected chi connectivity index (χ2v) is 10.6. The summed E-state index contributed by atoms with van der Waals surface area (Å²) in [7, 11) is 0. The van der Waals surface area contributed by atoms with Crippen LogP contribution in [0.25, 0.3) is 11.0 Å². The van der Waals surface area contributed by atoms with Crippen molar-refractivity contribution >= 4 is 29.3 Å². The molecule has 0 bridgehead atoms. The largest absolute Gasteiger partial charge is 0.395 e. The Morgan fingerprint density at radius 2 is 2.00 bits per heavy atom. The van der Waals surface area contributed by atoms with E-state index in [4.69, 9.17) is 5.11 Å². The van der Waals surface area contributed by atoms with Crippen LogP contribution in [0.4, 0.5) is 14.6 Å². The fourth-order valence-corrected chi connectivity index (χ4v) is 5.57. The number of halogens is 2.